The molecule has 0 atom stereocenters. The van der Waals surface area contributed by atoms with Crippen LogP contribution in [-0.2, 0) is 16.1 Å². The van der Waals surface area contributed by atoms with Gasteiger partial charge in [-0.25, -0.2) is 4.98 Å². The van der Waals surface area contributed by atoms with E-state index in [4.69, 9.17) is 4.74 Å². The number of nitrogens with zero attached hydrogens (tertiary/aromatic N) is 2. The molecular weight excluding hydrogens is 350 g/mol. The second kappa shape index (κ2) is 7.78. The Bertz CT molecular complexity index is 837. The molecule has 1 N–H and O–H groups in total. The smallest absolute Gasteiger partial charge is 0.240 e. The van der Waals surface area contributed by atoms with Crippen LogP contribution in [0.25, 0.3) is 0 Å². The van der Waals surface area contributed by atoms with Gasteiger partial charge in [0.15, 0.2) is 0 Å². The Kier molecular flexibility index (Phi) is 5.46. The van der Waals surface area contributed by atoms with E-state index in [9.17, 15) is 9.59 Å². The van der Waals surface area contributed by atoms with E-state index in [1.165, 1.54) is 16.7 Å². The lowest BCUT2D eigenvalue weighted by Gasteiger charge is -2.29. The zero-order valence-electron chi connectivity index (χ0n) is 15.0. The van der Waals surface area contributed by atoms with Crippen molar-refractivity contribution in [1.29, 1.82) is 0 Å². The van der Waals surface area contributed by atoms with Crippen LogP contribution >= 0.6 is 11.8 Å². The molecule has 0 spiro atoms. The summed E-state index contributed by atoms with van der Waals surface area (Å²) < 4.78 is 5.12. The summed E-state index contributed by atoms with van der Waals surface area (Å²) in [6.07, 6.45) is 0. The van der Waals surface area contributed by atoms with Crippen molar-refractivity contribution in [3.05, 3.63) is 47.2 Å². The summed E-state index contributed by atoms with van der Waals surface area (Å²) in [7, 11) is 1.61. The fraction of sp³-hybridized carbons (Fsp3) is 0.316. The van der Waals surface area contributed by atoms with Crippen LogP contribution in [0.1, 0.15) is 16.8 Å². The monoisotopic (exact) mass is 371 g/mol. The molecular formula is C19H21N3O3S. The topological polar surface area (TPSA) is 71.5 Å². The van der Waals surface area contributed by atoms with Crippen molar-refractivity contribution in [2.75, 3.05) is 24.3 Å². The number of benzene rings is 1. The normalized spacial score (nSPS) is 13.3. The Balaban J connectivity index is 1.68. The number of nitrogens with one attached hydrogen (secondary N) is 1. The third-order valence-corrected chi connectivity index (χ3v) is 5.08. The van der Waals surface area contributed by atoms with Gasteiger partial charge in [-0.1, -0.05) is 23.9 Å². The Morgan fingerprint density at radius 3 is 2.73 bits per heavy atom. The number of methoxy groups -OCH3 is 1. The predicted octanol–water partition coefficient (Wildman–Crippen LogP) is 2.46. The molecule has 0 bridgehead atoms. The molecule has 0 saturated carbocycles. The molecule has 26 heavy (non-hydrogen) atoms. The van der Waals surface area contributed by atoms with Crippen molar-refractivity contribution >= 4 is 29.3 Å². The SMILES string of the molecule is COc1ccc(CNC(=O)CN2C(=O)CSc3nc(C)cc(C)c32)cc1. The minimum atomic E-state index is -0.202. The number of amides is 2. The largest absolute Gasteiger partial charge is 0.497 e. The van der Waals surface area contributed by atoms with Gasteiger partial charge in [-0.05, 0) is 43.2 Å². The Hall–Kier alpha value is -2.54. The second-order valence-corrected chi connectivity index (χ2v) is 7.09. The fourth-order valence-corrected chi connectivity index (χ4v) is 3.90. The first kappa shape index (κ1) is 18.3. The zero-order chi connectivity index (χ0) is 18.7. The summed E-state index contributed by atoms with van der Waals surface area (Å²) >= 11 is 1.42. The van der Waals surface area contributed by atoms with Crippen molar-refractivity contribution < 1.29 is 14.3 Å². The summed E-state index contributed by atoms with van der Waals surface area (Å²) in [4.78, 5) is 30.8. The molecule has 1 aromatic heterocycles. The first-order chi connectivity index (χ1) is 12.5. The maximum Gasteiger partial charge on any atom is 0.240 e. The van der Waals surface area contributed by atoms with Gasteiger partial charge in [0.2, 0.25) is 11.8 Å². The highest BCUT2D eigenvalue weighted by Crippen LogP contribution is 2.36. The number of fused-ring (bicyclic) bond motifs is 1. The van der Waals surface area contributed by atoms with Gasteiger partial charge in [0.05, 0.1) is 18.6 Å². The van der Waals surface area contributed by atoms with Crippen molar-refractivity contribution in [1.82, 2.24) is 10.3 Å². The van der Waals surface area contributed by atoms with Crippen molar-refractivity contribution in [3.63, 3.8) is 0 Å². The highest BCUT2D eigenvalue weighted by molar-refractivity contribution is 8.00. The van der Waals surface area contributed by atoms with E-state index in [0.717, 1.165) is 33.3 Å². The number of carbonyl (C=O) groups excluding carboxylic acids is 2. The molecule has 6 nitrogen and oxygen atoms in total. The molecule has 2 amide bonds. The number of carbonyl (C=O) groups is 2. The van der Waals surface area contributed by atoms with E-state index < -0.39 is 0 Å². The summed E-state index contributed by atoms with van der Waals surface area (Å²) in [6, 6.07) is 9.42. The molecule has 1 aliphatic heterocycles. The van der Waals surface area contributed by atoms with E-state index >= 15 is 0 Å². The molecule has 0 fully saturated rings. The van der Waals surface area contributed by atoms with Gasteiger partial charge < -0.3 is 10.1 Å². The lowest BCUT2D eigenvalue weighted by atomic mass is 10.2. The summed E-state index contributed by atoms with van der Waals surface area (Å²) in [5, 5.41) is 3.68. The minimum absolute atomic E-state index is 0.00582. The number of rotatable bonds is 5. The van der Waals surface area contributed by atoms with Crippen LogP contribution in [0.5, 0.6) is 5.75 Å². The Labute approximate surface area is 156 Å². The number of aryl methyl sites for hydroxylation is 2. The highest BCUT2D eigenvalue weighted by atomic mass is 32.2. The number of pyridine rings is 1. The Morgan fingerprint density at radius 2 is 2.04 bits per heavy atom. The third kappa shape index (κ3) is 3.99. The first-order valence-corrected chi connectivity index (χ1v) is 9.27. The predicted molar refractivity (Wildman–Crippen MR) is 102 cm³/mol. The van der Waals surface area contributed by atoms with Crippen LogP contribution in [0.3, 0.4) is 0 Å². The van der Waals surface area contributed by atoms with E-state index in [1.807, 2.05) is 44.2 Å². The lowest BCUT2D eigenvalue weighted by molar-refractivity contribution is -0.123. The van der Waals surface area contributed by atoms with Crippen LogP contribution in [0.15, 0.2) is 35.4 Å². The first-order valence-electron chi connectivity index (χ1n) is 8.29. The Morgan fingerprint density at radius 1 is 1.31 bits per heavy atom. The molecule has 136 valence electrons. The molecule has 0 saturated heterocycles. The van der Waals surface area contributed by atoms with Crippen molar-refractivity contribution in [3.8, 4) is 5.75 Å². The second-order valence-electron chi connectivity index (χ2n) is 6.13. The van der Waals surface area contributed by atoms with Gasteiger partial charge >= 0.3 is 0 Å². The average Bonchev–Trinajstić information content (AvgIpc) is 2.62. The summed E-state index contributed by atoms with van der Waals surface area (Å²) in [5.41, 5.74) is 3.58. The number of ether oxygens (including phenoxy) is 1. The molecule has 1 aliphatic rings. The molecule has 7 heteroatoms. The van der Waals surface area contributed by atoms with E-state index in [-0.39, 0.29) is 18.4 Å². The maximum absolute atomic E-state index is 12.4. The van der Waals surface area contributed by atoms with E-state index in [2.05, 4.69) is 10.3 Å². The number of aromatic nitrogens is 1. The molecule has 0 radical (unpaired) electrons. The van der Waals surface area contributed by atoms with Gasteiger partial charge in [-0.3, -0.25) is 14.5 Å². The number of anilines is 1. The quantitative estimate of drug-likeness (QED) is 0.874. The molecule has 2 aromatic rings. The van der Waals surface area contributed by atoms with Gasteiger partial charge in [0, 0.05) is 12.2 Å². The zero-order valence-corrected chi connectivity index (χ0v) is 15.9. The van der Waals surface area contributed by atoms with Crippen LogP contribution in [0.4, 0.5) is 5.69 Å². The summed E-state index contributed by atoms with van der Waals surface area (Å²) in [6.45, 7) is 4.26. The molecule has 0 unspecified atom stereocenters. The molecule has 2 heterocycles. The lowest BCUT2D eigenvalue weighted by Crippen LogP contribution is -2.43. The molecule has 0 aliphatic carbocycles. The third-order valence-electron chi connectivity index (χ3n) is 4.13. The minimum Gasteiger partial charge on any atom is -0.497 e. The summed E-state index contributed by atoms with van der Waals surface area (Å²) in [5.74, 6) is 0.795. The highest BCUT2D eigenvalue weighted by Gasteiger charge is 2.29. The van der Waals surface area contributed by atoms with E-state index in [1.54, 1.807) is 7.11 Å². The van der Waals surface area contributed by atoms with Crippen molar-refractivity contribution in [2.24, 2.45) is 0 Å². The van der Waals surface area contributed by atoms with Crippen molar-refractivity contribution in [2.45, 2.75) is 25.4 Å². The number of hydrogen-bond acceptors (Lipinski definition) is 5. The van der Waals surface area contributed by atoms with Gasteiger partial charge in [0.1, 0.15) is 17.3 Å². The number of thioether (sulfide) groups is 1. The molecule has 1 aromatic carbocycles. The maximum atomic E-state index is 12.4. The van der Waals surface area contributed by atoms with Crippen LogP contribution < -0.4 is 15.0 Å². The van der Waals surface area contributed by atoms with Gasteiger partial charge in [0.25, 0.3) is 0 Å². The average molecular weight is 371 g/mol. The van der Waals surface area contributed by atoms with Crippen LogP contribution in [0, 0.1) is 13.8 Å². The van der Waals surface area contributed by atoms with Gasteiger partial charge in [-0.2, -0.15) is 0 Å². The van der Waals surface area contributed by atoms with Crippen LogP contribution in [-0.4, -0.2) is 36.2 Å². The van der Waals surface area contributed by atoms with E-state index in [0.29, 0.717) is 12.3 Å². The number of hydrogen-bond donors (Lipinski definition) is 1. The molecule has 3 rings (SSSR count). The fourth-order valence-electron chi connectivity index (χ4n) is 2.87. The van der Waals surface area contributed by atoms with Crippen LogP contribution in [0.2, 0.25) is 0 Å². The van der Waals surface area contributed by atoms with Gasteiger partial charge in [-0.15, -0.1) is 0 Å². The standard InChI is InChI=1S/C19H21N3O3S/c1-12-8-13(2)21-19-18(12)22(17(24)11-26-19)10-16(23)20-9-14-4-6-15(25-3)7-5-14/h4-8H,9-11H2,1-3H3,(H,20,23).